The molecule has 1 heterocycles. The van der Waals surface area contributed by atoms with Gasteiger partial charge in [-0.2, -0.15) is 0 Å². The summed E-state index contributed by atoms with van der Waals surface area (Å²) in [5.74, 6) is -1.99. The van der Waals surface area contributed by atoms with Crippen LogP contribution in [0.15, 0.2) is 28.8 Å². The highest BCUT2D eigenvalue weighted by atomic mass is 19.1. The lowest BCUT2D eigenvalue weighted by molar-refractivity contribution is 0.0685. The number of nitrogens with one attached hydrogen (secondary N) is 1. The summed E-state index contributed by atoms with van der Waals surface area (Å²) in [6.45, 7) is 0.754. The first kappa shape index (κ1) is 14.1. The van der Waals surface area contributed by atoms with Crippen LogP contribution in [0.5, 0.6) is 0 Å². The summed E-state index contributed by atoms with van der Waals surface area (Å²) in [5, 5.41) is 15.0. The van der Waals surface area contributed by atoms with E-state index in [-0.39, 0.29) is 12.2 Å². The van der Waals surface area contributed by atoms with Crippen LogP contribution in [-0.2, 0) is 13.0 Å². The van der Waals surface area contributed by atoms with Crippen molar-refractivity contribution < 1.29 is 23.2 Å². The van der Waals surface area contributed by atoms with E-state index in [9.17, 15) is 13.6 Å². The molecule has 2 rings (SSSR count). The summed E-state index contributed by atoms with van der Waals surface area (Å²) in [4.78, 5) is 10.6. The molecular weight excluding hydrogens is 270 g/mol. The highest BCUT2D eigenvalue weighted by molar-refractivity contribution is 5.85. The van der Waals surface area contributed by atoms with Crippen LogP contribution in [0.4, 0.5) is 8.78 Å². The largest absolute Gasteiger partial charge is 0.476 e. The van der Waals surface area contributed by atoms with Gasteiger partial charge in [-0.15, -0.1) is 0 Å². The van der Waals surface area contributed by atoms with Crippen molar-refractivity contribution in [2.75, 3.05) is 6.54 Å². The fourth-order valence-electron chi connectivity index (χ4n) is 1.70. The molecule has 20 heavy (non-hydrogen) atoms. The van der Waals surface area contributed by atoms with Crippen molar-refractivity contribution in [3.8, 4) is 0 Å². The number of carbonyl (C=O) groups is 1. The van der Waals surface area contributed by atoms with Crippen LogP contribution in [0.3, 0.4) is 0 Å². The average molecular weight is 282 g/mol. The van der Waals surface area contributed by atoms with E-state index in [0.717, 1.165) is 6.07 Å². The summed E-state index contributed by atoms with van der Waals surface area (Å²) in [6, 6.07) is 4.67. The highest BCUT2D eigenvalue weighted by Crippen LogP contribution is 2.08. The lowest BCUT2D eigenvalue weighted by Crippen LogP contribution is -2.16. The Morgan fingerprint density at radius 2 is 1.95 bits per heavy atom. The van der Waals surface area contributed by atoms with Crippen molar-refractivity contribution in [2.45, 2.75) is 13.0 Å². The molecule has 1 aromatic carbocycles. The third kappa shape index (κ3) is 3.86. The van der Waals surface area contributed by atoms with Gasteiger partial charge in [-0.05, 0) is 30.7 Å². The SMILES string of the molecule is O=C(O)c1cc(CNCCc2cc(F)cc(F)c2)on1. The summed E-state index contributed by atoms with van der Waals surface area (Å²) in [6.07, 6.45) is 0.439. The molecule has 0 aliphatic carbocycles. The van der Waals surface area contributed by atoms with Crippen LogP contribution in [0.1, 0.15) is 21.8 Å². The lowest BCUT2D eigenvalue weighted by atomic mass is 10.1. The van der Waals surface area contributed by atoms with Crippen molar-refractivity contribution in [2.24, 2.45) is 0 Å². The Hall–Kier alpha value is -2.28. The van der Waals surface area contributed by atoms with Crippen molar-refractivity contribution >= 4 is 5.97 Å². The van der Waals surface area contributed by atoms with Gasteiger partial charge in [0.15, 0.2) is 11.5 Å². The molecule has 0 atom stereocenters. The van der Waals surface area contributed by atoms with Gasteiger partial charge in [0.2, 0.25) is 0 Å². The molecule has 0 saturated heterocycles. The molecule has 1 aromatic heterocycles. The second-order valence-corrected chi connectivity index (χ2v) is 4.19. The first-order chi connectivity index (χ1) is 9.54. The van der Waals surface area contributed by atoms with Crippen molar-refractivity contribution in [3.05, 3.63) is 52.9 Å². The van der Waals surface area contributed by atoms with Gasteiger partial charge >= 0.3 is 5.97 Å². The predicted octanol–water partition coefficient (Wildman–Crippen LogP) is 1.98. The molecule has 5 nitrogen and oxygen atoms in total. The molecule has 0 aliphatic rings. The van der Waals surface area contributed by atoms with Crippen molar-refractivity contribution in [1.82, 2.24) is 10.5 Å². The molecular formula is C13H12F2N2O3. The quantitative estimate of drug-likeness (QED) is 0.792. The van der Waals surface area contributed by atoms with E-state index < -0.39 is 17.6 Å². The molecule has 0 amide bonds. The number of aromatic carboxylic acids is 1. The molecule has 106 valence electrons. The second kappa shape index (κ2) is 6.25. The van der Waals surface area contributed by atoms with Gasteiger partial charge in [0.05, 0.1) is 6.54 Å². The number of carboxylic acid groups (broad SMARTS) is 1. The monoisotopic (exact) mass is 282 g/mol. The minimum atomic E-state index is -1.16. The van der Waals surface area contributed by atoms with E-state index >= 15 is 0 Å². The third-order valence-corrected chi connectivity index (χ3v) is 2.59. The number of nitrogens with zero attached hydrogens (tertiary/aromatic N) is 1. The molecule has 0 radical (unpaired) electrons. The van der Waals surface area contributed by atoms with Crippen LogP contribution >= 0.6 is 0 Å². The molecule has 0 saturated carbocycles. The van der Waals surface area contributed by atoms with Gasteiger partial charge in [-0.3, -0.25) is 0 Å². The van der Waals surface area contributed by atoms with Crippen LogP contribution in [0, 0.1) is 11.6 Å². The Kier molecular flexibility index (Phi) is 4.41. The van der Waals surface area contributed by atoms with Gasteiger partial charge in [-0.25, -0.2) is 13.6 Å². The molecule has 0 unspecified atom stereocenters. The summed E-state index contributed by atoms with van der Waals surface area (Å²) >= 11 is 0. The maximum Gasteiger partial charge on any atom is 0.358 e. The smallest absolute Gasteiger partial charge is 0.358 e. The minimum absolute atomic E-state index is 0.158. The second-order valence-electron chi connectivity index (χ2n) is 4.19. The van der Waals surface area contributed by atoms with Gasteiger partial charge in [0.1, 0.15) is 11.6 Å². The number of carboxylic acids is 1. The Bertz CT molecular complexity index is 593. The summed E-state index contributed by atoms with van der Waals surface area (Å²) < 4.78 is 30.7. The van der Waals surface area contributed by atoms with E-state index in [4.69, 9.17) is 9.63 Å². The Morgan fingerprint density at radius 3 is 2.55 bits per heavy atom. The number of halogens is 2. The topological polar surface area (TPSA) is 75.4 Å². The number of hydrogen-bond donors (Lipinski definition) is 2. The fourth-order valence-corrected chi connectivity index (χ4v) is 1.70. The summed E-state index contributed by atoms with van der Waals surface area (Å²) in [5.41, 5.74) is 0.382. The zero-order valence-corrected chi connectivity index (χ0v) is 10.4. The Morgan fingerprint density at radius 1 is 1.25 bits per heavy atom. The first-order valence-corrected chi connectivity index (χ1v) is 5.89. The number of aromatic nitrogens is 1. The molecule has 0 spiro atoms. The van der Waals surface area contributed by atoms with E-state index in [1.54, 1.807) is 0 Å². The number of rotatable bonds is 6. The van der Waals surface area contributed by atoms with Gasteiger partial charge in [-0.1, -0.05) is 5.16 Å². The third-order valence-electron chi connectivity index (χ3n) is 2.59. The van der Waals surface area contributed by atoms with E-state index in [0.29, 0.717) is 24.3 Å². The molecule has 0 bridgehead atoms. The van der Waals surface area contributed by atoms with Crippen LogP contribution < -0.4 is 5.32 Å². The highest BCUT2D eigenvalue weighted by Gasteiger charge is 2.10. The van der Waals surface area contributed by atoms with Gasteiger partial charge < -0.3 is 14.9 Å². The predicted molar refractivity (Wildman–Crippen MR) is 65.2 cm³/mol. The summed E-state index contributed by atoms with van der Waals surface area (Å²) in [7, 11) is 0. The Balaban J connectivity index is 1.79. The normalized spacial score (nSPS) is 10.7. The van der Waals surface area contributed by atoms with E-state index in [1.165, 1.54) is 18.2 Å². The van der Waals surface area contributed by atoms with Crippen molar-refractivity contribution in [3.63, 3.8) is 0 Å². The molecule has 0 aliphatic heterocycles. The average Bonchev–Trinajstić information content (AvgIpc) is 2.82. The maximum absolute atomic E-state index is 12.9. The molecule has 0 fully saturated rings. The van der Waals surface area contributed by atoms with Gasteiger partial charge in [0.25, 0.3) is 0 Å². The standard InChI is InChI=1S/C13H12F2N2O3/c14-9-3-8(4-10(15)5-9)1-2-16-7-11-6-12(13(18)19)17-20-11/h3-6,16H,1-2,7H2,(H,18,19). The van der Waals surface area contributed by atoms with Crippen LogP contribution in [-0.4, -0.2) is 22.8 Å². The molecule has 2 aromatic rings. The lowest BCUT2D eigenvalue weighted by Gasteiger charge is -2.03. The number of hydrogen-bond acceptors (Lipinski definition) is 4. The first-order valence-electron chi connectivity index (χ1n) is 5.89. The van der Waals surface area contributed by atoms with Crippen molar-refractivity contribution in [1.29, 1.82) is 0 Å². The molecule has 7 heteroatoms. The maximum atomic E-state index is 12.9. The number of benzene rings is 1. The zero-order valence-electron chi connectivity index (χ0n) is 10.4. The van der Waals surface area contributed by atoms with E-state index in [2.05, 4.69) is 10.5 Å². The molecule has 2 N–H and O–H groups in total. The van der Waals surface area contributed by atoms with Gasteiger partial charge in [0, 0.05) is 12.1 Å². The van der Waals surface area contributed by atoms with Crippen LogP contribution in [0.2, 0.25) is 0 Å². The minimum Gasteiger partial charge on any atom is -0.476 e. The zero-order chi connectivity index (χ0) is 14.5. The van der Waals surface area contributed by atoms with Crippen LogP contribution in [0.25, 0.3) is 0 Å². The van der Waals surface area contributed by atoms with E-state index in [1.807, 2.05) is 0 Å². The fraction of sp³-hybridized carbons (Fsp3) is 0.231. The Labute approximate surface area is 113 Å².